The normalized spacial score (nSPS) is 16.8. The van der Waals surface area contributed by atoms with Crippen molar-refractivity contribution in [3.8, 4) is 11.8 Å². The Hall–Kier alpha value is -2.00. The summed E-state index contributed by atoms with van der Waals surface area (Å²) in [7, 11) is 0. The first-order valence-electron chi connectivity index (χ1n) is 7.94. The number of hydrogen-bond donors (Lipinski definition) is 2. The Bertz CT molecular complexity index is 638. The summed E-state index contributed by atoms with van der Waals surface area (Å²) >= 11 is 0. The molecule has 24 heavy (non-hydrogen) atoms. The molecule has 130 valence electrons. The molecule has 0 spiro atoms. The minimum atomic E-state index is -4.40. The first-order chi connectivity index (χ1) is 11.3. The van der Waals surface area contributed by atoms with Gasteiger partial charge in [-0.15, -0.1) is 0 Å². The van der Waals surface area contributed by atoms with Crippen molar-refractivity contribution >= 4 is 5.91 Å². The predicted molar refractivity (Wildman–Crippen MR) is 84.0 cm³/mol. The number of carbonyl (C=O) groups is 1. The number of hydrogen-bond acceptors (Lipinski definition) is 2. The highest BCUT2D eigenvalue weighted by Gasteiger charge is 2.31. The van der Waals surface area contributed by atoms with Crippen LogP contribution in [0.3, 0.4) is 0 Å². The molecular weight excluding hydrogens is 319 g/mol. The van der Waals surface area contributed by atoms with Crippen molar-refractivity contribution in [1.82, 2.24) is 5.32 Å². The van der Waals surface area contributed by atoms with Crippen molar-refractivity contribution in [2.75, 3.05) is 6.54 Å². The maximum Gasteiger partial charge on any atom is 0.416 e. The number of aliphatic hydroxyl groups is 1. The number of amides is 1. The summed E-state index contributed by atoms with van der Waals surface area (Å²) in [5.74, 6) is 4.93. The molecular formula is C18H20F3NO2. The molecule has 0 aromatic heterocycles. The zero-order valence-electron chi connectivity index (χ0n) is 13.2. The van der Waals surface area contributed by atoms with Crippen LogP contribution in [-0.2, 0) is 11.0 Å². The van der Waals surface area contributed by atoms with E-state index in [0.717, 1.165) is 31.4 Å². The van der Waals surface area contributed by atoms with Gasteiger partial charge in [-0.05, 0) is 31.0 Å². The van der Waals surface area contributed by atoms with Crippen LogP contribution in [-0.4, -0.2) is 23.2 Å². The van der Waals surface area contributed by atoms with Gasteiger partial charge in [0.05, 0.1) is 24.1 Å². The average Bonchev–Trinajstić information content (AvgIpc) is 2.51. The molecule has 0 bridgehead atoms. The van der Waals surface area contributed by atoms with Crippen LogP contribution < -0.4 is 5.32 Å². The van der Waals surface area contributed by atoms with Crippen LogP contribution in [0.4, 0.5) is 13.2 Å². The third-order valence-corrected chi connectivity index (χ3v) is 4.07. The van der Waals surface area contributed by atoms with Crippen molar-refractivity contribution < 1.29 is 23.1 Å². The standard InChI is InChI=1S/C18H20F3NO2/c19-18(20,21)15-8-4-6-14(12-15)7-5-11-22-16(23)13-17(24)9-2-1-3-10-17/h4,6,8,12,24H,1-3,9-11,13H2,(H,22,23). The monoisotopic (exact) mass is 339 g/mol. The molecule has 0 heterocycles. The van der Waals surface area contributed by atoms with Gasteiger partial charge in [0.15, 0.2) is 0 Å². The lowest BCUT2D eigenvalue weighted by atomic mass is 9.82. The maximum atomic E-state index is 12.6. The Kier molecular flexibility index (Phi) is 5.89. The molecule has 0 atom stereocenters. The van der Waals surface area contributed by atoms with E-state index in [-0.39, 0.29) is 24.4 Å². The Morgan fingerprint density at radius 3 is 2.62 bits per heavy atom. The van der Waals surface area contributed by atoms with Gasteiger partial charge in [0.2, 0.25) is 5.91 Å². The molecule has 6 heteroatoms. The second kappa shape index (κ2) is 7.71. The highest BCUT2D eigenvalue weighted by molar-refractivity contribution is 5.77. The minimum absolute atomic E-state index is 0.0329. The summed E-state index contributed by atoms with van der Waals surface area (Å²) < 4.78 is 37.8. The van der Waals surface area contributed by atoms with E-state index >= 15 is 0 Å². The molecule has 2 rings (SSSR count). The summed E-state index contributed by atoms with van der Waals surface area (Å²) in [6, 6.07) is 4.73. The number of halogens is 3. The smallest absolute Gasteiger partial charge is 0.389 e. The number of rotatable bonds is 3. The molecule has 2 N–H and O–H groups in total. The number of nitrogens with one attached hydrogen (secondary N) is 1. The molecule has 1 fully saturated rings. The minimum Gasteiger partial charge on any atom is -0.389 e. The first kappa shape index (κ1) is 18.3. The number of alkyl halides is 3. The topological polar surface area (TPSA) is 49.3 Å². The largest absolute Gasteiger partial charge is 0.416 e. The fourth-order valence-corrected chi connectivity index (χ4v) is 2.81. The molecule has 1 aromatic carbocycles. The maximum absolute atomic E-state index is 12.6. The second-order valence-electron chi connectivity index (χ2n) is 6.12. The van der Waals surface area contributed by atoms with Crippen LogP contribution in [0.5, 0.6) is 0 Å². The van der Waals surface area contributed by atoms with Gasteiger partial charge in [-0.2, -0.15) is 13.2 Å². The van der Waals surface area contributed by atoms with Gasteiger partial charge in [-0.25, -0.2) is 0 Å². The highest BCUT2D eigenvalue weighted by atomic mass is 19.4. The SMILES string of the molecule is O=C(CC1(O)CCCCC1)NCC#Cc1cccc(C(F)(F)F)c1. The van der Waals surface area contributed by atoms with E-state index in [2.05, 4.69) is 17.2 Å². The predicted octanol–water partition coefficient (Wildman–Crippen LogP) is 3.26. The van der Waals surface area contributed by atoms with Gasteiger partial charge in [0.1, 0.15) is 0 Å². The molecule has 1 aliphatic rings. The molecule has 1 amide bonds. The van der Waals surface area contributed by atoms with Crippen molar-refractivity contribution in [3.63, 3.8) is 0 Å². The molecule has 1 aromatic rings. The van der Waals surface area contributed by atoms with Crippen molar-refractivity contribution in [1.29, 1.82) is 0 Å². The van der Waals surface area contributed by atoms with E-state index in [9.17, 15) is 23.1 Å². The molecule has 1 saturated carbocycles. The number of carbonyl (C=O) groups excluding carboxylic acids is 1. The van der Waals surface area contributed by atoms with E-state index in [1.165, 1.54) is 12.1 Å². The summed E-state index contributed by atoms with van der Waals surface area (Å²) in [6.07, 6.45) is -0.211. The van der Waals surface area contributed by atoms with E-state index in [1.54, 1.807) is 0 Å². The third-order valence-electron chi connectivity index (χ3n) is 4.07. The fraction of sp³-hybridized carbons (Fsp3) is 0.500. The summed E-state index contributed by atoms with van der Waals surface area (Å²) in [5, 5.41) is 12.9. The van der Waals surface area contributed by atoms with Crippen molar-refractivity contribution in [2.24, 2.45) is 0 Å². The number of benzene rings is 1. The molecule has 1 aliphatic carbocycles. The molecule has 0 radical (unpaired) electrons. The lowest BCUT2D eigenvalue weighted by molar-refractivity contribution is -0.137. The average molecular weight is 339 g/mol. The molecule has 0 saturated heterocycles. The summed E-state index contributed by atoms with van der Waals surface area (Å²) in [5.41, 5.74) is -1.44. The van der Waals surface area contributed by atoms with Crippen LogP contribution >= 0.6 is 0 Å². The lowest BCUT2D eigenvalue weighted by Crippen LogP contribution is -2.38. The zero-order chi connectivity index (χ0) is 17.6. The van der Waals surface area contributed by atoms with Gasteiger partial charge >= 0.3 is 6.18 Å². The molecule has 0 aliphatic heterocycles. The van der Waals surface area contributed by atoms with Crippen molar-refractivity contribution in [2.45, 2.75) is 50.3 Å². The van der Waals surface area contributed by atoms with E-state index < -0.39 is 17.3 Å². The van der Waals surface area contributed by atoms with Gasteiger partial charge in [0, 0.05) is 5.56 Å². The van der Waals surface area contributed by atoms with Gasteiger partial charge in [-0.1, -0.05) is 37.2 Å². The van der Waals surface area contributed by atoms with Crippen LogP contribution in [0.15, 0.2) is 24.3 Å². The lowest BCUT2D eigenvalue weighted by Gasteiger charge is -2.31. The van der Waals surface area contributed by atoms with Crippen LogP contribution in [0.1, 0.15) is 49.7 Å². The van der Waals surface area contributed by atoms with E-state index in [1.807, 2.05) is 0 Å². The Balaban J connectivity index is 1.84. The van der Waals surface area contributed by atoms with Crippen LogP contribution in [0.25, 0.3) is 0 Å². The summed E-state index contributed by atoms with van der Waals surface area (Å²) in [6.45, 7) is 0.0329. The fourth-order valence-electron chi connectivity index (χ4n) is 2.81. The highest BCUT2D eigenvalue weighted by Crippen LogP contribution is 2.31. The van der Waals surface area contributed by atoms with E-state index in [0.29, 0.717) is 12.8 Å². The van der Waals surface area contributed by atoms with Gasteiger partial charge in [0.25, 0.3) is 0 Å². The van der Waals surface area contributed by atoms with Crippen LogP contribution in [0.2, 0.25) is 0 Å². The van der Waals surface area contributed by atoms with E-state index in [4.69, 9.17) is 0 Å². The molecule has 0 unspecified atom stereocenters. The van der Waals surface area contributed by atoms with Gasteiger partial charge in [-0.3, -0.25) is 4.79 Å². The first-order valence-corrected chi connectivity index (χ1v) is 7.94. The third kappa shape index (κ3) is 5.57. The Morgan fingerprint density at radius 1 is 1.25 bits per heavy atom. The summed E-state index contributed by atoms with van der Waals surface area (Å²) in [4.78, 5) is 11.8. The van der Waals surface area contributed by atoms with Crippen LogP contribution in [0, 0.1) is 11.8 Å². The van der Waals surface area contributed by atoms with Gasteiger partial charge < -0.3 is 10.4 Å². The Morgan fingerprint density at radius 2 is 1.96 bits per heavy atom. The Labute approximate surface area is 139 Å². The van der Waals surface area contributed by atoms with Crippen molar-refractivity contribution in [3.05, 3.63) is 35.4 Å². The second-order valence-corrected chi connectivity index (χ2v) is 6.12. The quantitative estimate of drug-likeness (QED) is 0.831. The molecule has 3 nitrogen and oxygen atoms in total. The zero-order valence-corrected chi connectivity index (χ0v) is 13.2.